The molecule has 0 saturated carbocycles. The van der Waals surface area contributed by atoms with Crippen molar-refractivity contribution in [3.8, 4) is 11.1 Å². The highest BCUT2D eigenvalue weighted by Gasteiger charge is 2.09. The van der Waals surface area contributed by atoms with E-state index in [0.717, 1.165) is 21.9 Å². The van der Waals surface area contributed by atoms with Gasteiger partial charge in [-0.15, -0.1) is 0 Å². The van der Waals surface area contributed by atoms with Gasteiger partial charge in [0.15, 0.2) is 0 Å². The van der Waals surface area contributed by atoms with Gasteiger partial charge in [-0.1, -0.05) is 41.7 Å². The van der Waals surface area contributed by atoms with Crippen molar-refractivity contribution < 1.29 is 4.79 Å². The zero-order valence-electron chi connectivity index (χ0n) is 12.3. The quantitative estimate of drug-likeness (QED) is 0.554. The van der Waals surface area contributed by atoms with Crippen LogP contribution in [0.15, 0.2) is 54.9 Å². The van der Waals surface area contributed by atoms with Crippen LogP contribution in [0.3, 0.4) is 0 Å². The first-order valence-electron chi connectivity index (χ1n) is 6.91. The third-order valence-corrected chi connectivity index (χ3v) is 4.00. The number of carbonyl (C=O) groups excluding carboxylic acids is 1. The Balaban J connectivity index is 2.08. The summed E-state index contributed by atoms with van der Waals surface area (Å²) in [6, 6.07) is 13.1. The van der Waals surface area contributed by atoms with Crippen molar-refractivity contribution in [3.05, 3.63) is 65.4 Å². The summed E-state index contributed by atoms with van der Waals surface area (Å²) in [7, 11) is 0. The van der Waals surface area contributed by atoms with Gasteiger partial charge < -0.3 is 0 Å². The highest BCUT2D eigenvalue weighted by Crippen LogP contribution is 2.29. The minimum Gasteiger partial charge on any atom is -0.278 e. The predicted molar refractivity (Wildman–Crippen MR) is 96.3 cm³/mol. The van der Waals surface area contributed by atoms with Crippen LogP contribution in [0.5, 0.6) is 0 Å². The van der Waals surface area contributed by atoms with Crippen molar-refractivity contribution in [2.24, 2.45) is 0 Å². The van der Waals surface area contributed by atoms with Gasteiger partial charge >= 0.3 is 0 Å². The number of hydrogen-bond acceptors (Lipinski definition) is 4. The fourth-order valence-electron chi connectivity index (χ4n) is 2.33. The van der Waals surface area contributed by atoms with Gasteiger partial charge in [-0.3, -0.25) is 15.2 Å². The summed E-state index contributed by atoms with van der Waals surface area (Å²) in [5.41, 5.74) is 5.18. The Labute approximate surface area is 143 Å². The van der Waals surface area contributed by atoms with E-state index in [1.165, 1.54) is 11.9 Å². The molecule has 4 nitrogen and oxygen atoms in total. The summed E-state index contributed by atoms with van der Waals surface area (Å²) in [5.74, 6) is -0.180. The fraction of sp³-hybridized carbons (Fsp3) is 0.0588. The molecular formula is C17H14ClN3OS. The zero-order valence-corrected chi connectivity index (χ0v) is 13.9. The minimum absolute atomic E-state index is 0.180. The molecule has 1 heterocycles. The zero-order chi connectivity index (χ0) is 16.2. The molecule has 2 aromatic carbocycles. The van der Waals surface area contributed by atoms with Crippen molar-refractivity contribution in [1.82, 2.24) is 15.2 Å². The highest BCUT2D eigenvalue weighted by atomic mass is 35.5. The second-order valence-electron chi connectivity index (χ2n) is 4.89. The van der Waals surface area contributed by atoms with Crippen LogP contribution in [0, 0.1) is 0 Å². The number of hydrogen-bond donors (Lipinski definition) is 2. The monoisotopic (exact) mass is 343 g/mol. The number of pyridine rings is 1. The van der Waals surface area contributed by atoms with Gasteiger partial charge in [0, 0.05) is 33.9 Å². The van der Waals surface area contributed by atoms with Gasteiger partial charge in [0.25, 0.3) is 5.91 Å². The Hall–Kier alpha value is -2.08. The van der Waals surface area contributed by atoms with Crippen LogP contribution in [0.25, 0.3) is 21.9 Å². The Morgan fingerprint density at radius 1 is 1.13 bits per heavy atom. The normalized spacial score (nSPS) is 10.7. The summed E-state index contributed by atoms with van der Waals surface area (Å²) in [5, 5.41) is 2.64. The molecule has 3 rings (SSSR count). The molecule has 23 heavy (non-hydrogen) atoms. The molecule has 0 aliphatic heterocycles. The molecule has 116 valence electrons. The molecule has 0 unspecified atom stereocenters. The molecular weight excluding hydrogens is 330 g/mol. The summed E-state index contributed by atoms with van der Waals surface area (Å²) in [4.78, 5) is 19.1. The fourth-order valence-corrected chi connectivity index (χ4v) is 2.65. The molecule has 0 bridgehead atoms. The molecule has 0 saturated heterocycles. The molecule has 0 atom stereocenters. The first-order chi connectivity index (χ1) is 11.2. The Bertz CT molecular complexity index is 852. The number of hydrazine groups is 1. The van der Waals surface area contributed by atoms with Crippen molar-refractivity contribution >= 4 is 40.2 Å². The van der Waals surface area contributed by atoms with Gasteiger partial charge in [0.05, 0.1) is 0 Å². The van der Waals surface area contributed by atoms with Crippen LogP contribution in [0.4, 0.5) is 0 Å². The molecule has 6 heteroatoms. The summed E-state index contributed by atoms with van der Waals surface area (Å²) < 4.78 is 0. The number of amides is 1. The lowest BCUT2D eigenvalue weighted by atomic mass is 9.99. The van der Waals surface area contributed by atoms with Gasteiger partial charge in [0.2, 0.25) is 0 Å². The first kappa shape index (κ1) is 15.8. The van der Waals surface area contributed by atoms with Crippen molar-refractivity contribution in [1.29, 1.82) is 0 Å². The van der Waals surface area contributed by atoms with Crippen LogP contribution < -0.4 is 10.3 Å². The minimum atomic E-state index is -0.180. The maximum Gasteiger partial charge on any atom is 0.266 e. The highest BCUT2D eigenvalue weighted by molar-refractivity contribution is 7.96. The molecule has 1 amide bonds. The second kappa shape index (κ2) is 7.00. The van der Waals surface area contributed by atoms with Gasteiger partial charge in [-0.25, -0.2) is 0 Å². The molecule has 0 radical (unpaired) electrons. The molecule has 0 fully saturated rings. The SMILES string of the molecule is CSNNC(=O)c1ccc2cncc(-c3ccc(Cl)cc3)c2c1. The number of halogens is 1. The van der Waals surface area contributed by atoms with E-state index >= 15 is 0 Å². The molecule has 3 aromatic rings. The van der Waals surface area contributed by atoms with Crippen molar-refractivity contribution in [2.75, 3.05) is 6.26 Å². The lowest BCUT2D eigenvalue weighted by Gasteiger charge is -2.09. The summed E-state index contributed by atoms with van der Waals surface area (Å²) >= 11 is 7.28. The average molecular weight is 344 g/mol. The maximum absolute atomic E-state index is 12.1. The van der Waals surface area contributed by atoms with E-state index in [4.69, 9.17) is 11.6 Å². The lowest BCUT2D eigenvalue weighted by Crippen LogP contribution is -2.32. The Kier molecular flexibility index (Phi) is 4.81. The maximum atomic E-state index is 12.1. The van der Waals surface area contributed by atoms with E-state index in [9.17, 15) is 4.79 Å². The largest absolute Gasteiger partial charge is 0.278 e. The number of benzene rings is 2. The number of carbonyl (C=O) groups is 1. The van der Waals surface area contributed by atoms with Crippen molar-refractivity contribution in [2.45, 2.75) is 0 Å². The van der Waals surface area contributed by atoms with Crippen LogP contribution in [0.2, 0.25) is 5.02 Å². The number of aromatic nitrogens is 1. The van der Waals surface area contributed by atoms with E-state index in [-0.39, 0.29) is 5.91 Å². The van der Waals surface area contributed by atoms with Crippen LogP contribution in [-0.4, -0.2) is 17.1 Å². The number of fused-ring (bicyclic) bond motifs is 1. The topological polar surface area (TPSA) is 54.0 Å². The molecule has 0 spiro atoms. The lowest BCUT2D eigenvalue weighted by molar-refractivity contribution is 0.0947. The van der Waals surface area contributed by atoms with Gasteiger partial charge in [-0.05, 0) is 41.5 Å². The second-order valence-corrected chi connectivity index (χ2v) is 5.94. The average Bonchev–Trinajstić information content (AvgIpc) is 2.59. The van der Waals surface area contributed by atoms with E-state index in [2.05, 4.69) is 15.2 Å². The summed E-state index contributed by atoms with van der Waals surface area (Å²) in [6.07, 6.45) is 5.43. The van der Waals surface area contributed by atoms with E-state index < -0.39 is 0 Å². The first-order valence-corrected chi connectivity index (χ1v) is 8.51. The van der Waals surface area contributed by atoms with Gasteiger partial charge in [-0.2, -0.15) is 4.83 Å². The van der Waals surface area contributed by atoms with E-state index in [0.29, 0.717) is 10.6 Å². The van der Waals surface area contributed by atoms with Crippen molar-refractivity contribution in [3.63, 3.8) is 0 Å². The smallest absolute Gasteiger partial charge is 0.266 e. The van der Waals surface area contributed by atoms with Crippen LogP contribution in [-0.2, 0) is 0 Å². The molecule has 2 N–H and O–H groups in total. The van der Waals surface area contributed by atoms with Crippen LogP contribution >= 0.6 is 23.5 Å². The number of nitrogens with zero attached hydrogens (tertiary/aromatic N) is 1. The predicted octanol–water partition coefficient (Wildman–Crippen LogP) is 4.07. The van der Waals surface area contributed by atoms with Crippen LogP contribution in [0.1, 0.15) is 10.4 Å². The number of nitrogens with one attached hydrogen (secondary N) is 2. The number of rotatable bonds is 4. The Morgan fingerprint density at radius 3 is 2.65 bits per heavy atom. The Morgan fingerprint density at radius 2 is 1.91 bits per heavy atom. The summed E-state index contributed by atoms with van der Waals surface area (Å²) in [6.45, 7) is 0. The standard InChI is InChI=1S/C17H14ClN3OS/c1-23-21-20-17(22)12-2-3-13-9-19-10-16(15(13)8-12)11-4-6-14(18)7-5-11/h2-10,21H,1H3,(H,20,22). The van der Waals surface area contributed by atoms with Gasteiger partial charge in [0.1, 0.15) is 0 Å². The molecule has 1 aromatic heterocycles. The third kappa shape index (κ3) is 3.47. The van der Waals surface area contributed by atoms with E-state index in [1.54, 1.807) is 18.5 Å². The van der Waals surface area contributed by atoms with E-state index in [1.807, 2.05) is 42.7 Å². The molecule has 0 aliphatic rings. The molecule has 0 aliphatic carbocycles. The third-order valence-electron chi connectivity index (χ3n) is 3.44.